The van der Waals surface area contributed by atoms with E-state index in [4.69, 9.17) is 14.0 Å². The molecular weight excluding hydrogens is 264 g/mol. The maximum Gasteiger partial charge on any atom is 0.328 e. The van der Waals surface area contributed by atoms with E-state index in [1.165, 1.54) is 18.1 Å². The van der Waals surface area contributed by atoms with Crippen molar-refractivity contribution in [2.24, 2.45) is 0 Å². The minimum Gasteiger partial charge on any atom is -0.464 e. The molecule has 1 fully saturated rings. The monoisotopic (exact) mass is 282 g/mol. The topological polar surface area (TPSA) is 81.9 Å². The van der Waals surface area contributed by atoms with Crippen molar-refractivity contribution in [3.63, 3.8) is 0 Å². The molecule has 0 spiro atoms. The van der Waals surface area contributed by atoms with Gasteiger partial charge in [0.15, 0.2) is 11.5 Å². The van der Waals surface area contributed by atoms with Gasteiger partial charge in [0, 0.05) is 19.7 Å². The van der Waals surface area contributed by atoms with Crippen molar-refractivity contribution >= 4 is 11.9 Å². The van der Waals surface area contributed by atoms with E-state index in [1.54, 1.807) is 6.92 Å². The number of hydrogen-bond acceptors (Lipinski definition) is 6. The molecule has 1 amide bonds. The molecule has 7 nitrogen and oxygen atoms in total. The van der Waals surface area contributed by atoms with Crippen LogP contribution in [0.4, 0.5) is 0 Å². The number of methoxy groups -OCH3 is 1. The van der Waals surface area contributed by atoms with Gasteiger partial charge in [0.1, 0.15) is 12.6 Å². The summed E-state index contributed by atoms with van der Waals surface area (Å²) in [5.74, 6) is -0.201. The van der Waals surface area contributed by atoms with E-state index in [-0.39, 0.29) is 24.2 Å². The highest BCUT2D eigenvalue weighted by Gasteiger charge is 2.36. The SMILES string of the molecule is CCOC(=O)C1CCCN1C(=O)c1cc(COC)on1. The summed E-state index contributed by atoms with van der Waals surface area (Å²) in [4.78, 5) is 25.7. The number of aromatic nitrogens is 1. The van der Waals surface area contributed by atoms with Crippen LogP contribution in [0, 0.1) is 0 Å². The summed E-state index contributed by atoms with van der Waals surface area (Å²) in [5, 5.41) is 3.72. The predicted molar refractivity (Wildman–Crippen MR) is 67.9 cm³/mol. The number of carbonyl (C=O) groups is 2. The molecule has 2 rings (SSSR count). The van der Waals surface area contributed by atoms with Gasteiger partial charge in [-0.3, -0.25) is 4.79 Å². The standard InChI is InChI=1S/C13H18N2O5/c1-3-19-13(17)11-5-4-6-15(11)12(16)10-7-9(8-18-2)20-14-10/h7,11H,3-6,8H2,1-2H3. The molecule has 1 aliphatic rings. The molecule has 0 aromatic carbocycles. The number of carbonyl (C=O) groups excluding carboxylic acids is 2. The van der Waals surface area contributed by atoms with Crippen molar-refractivity contribution in [3.8, 4) is 0 Å². The first-order valence-corrected chi connectivity index (χ1v) is 6.59. The van der Waals surface area contributed by atoms with Crippen molar-refractivity contribution in [2.45, 2.75) is 32.4 Å². The maximum atomic E-state index is 12.3. The first-order chi connectivity index (χ1) is 9.67. The van der Waals surface area contributed by atoms with Crippen molar-refractivity contribution in [3.05, 3.63) is 17.5 Å². The van der Waals surface area contributed by atoms with Crippen LogP contribution < -0.4 is 0 Å². The molecule has 1 saturated heterocycles. The Morgan fingerprint density at radius 2 is 2.35 bits per heavy atom. The highest BCUT2D eigenvalue weighted by molar-refractivity contribution is 5.95. The number of nitrogens with zero attached hydrogens (tertiary/aromatic N) is 2. The molecule has 1 atom stereocenters. The second-order valence-corrected chi connectivity index (χ2v) is 4.52. The molecule has 0 saturated carbocycles. The lowest BCUT2D eigenvalue weighted by Crippen LogP contribution is -2.41. The molecule has 2 heterocycles. The fourth-order valence-corrected chi connectivity index (χ4v) is 2.26. The number of rotatable bonds is 5. The van der Waals surface area contributed by atoms with E-state index >= 15 is 0 Å². The Labute approximate surface area is 116 Å². The van der Waals surface area contributed by atoms with Gasteiger partial charge < -0.3 is 18.9 Å². The number of amides is 1. The highest BCUT2D eigenvalue weighted by atomic mass is 16.5. The average molecular weight is 282 g/mol. The quantitative estimate of drug-likeness (QED) is 0.749. The molecule has 0 N–H and O–H groups in total. The van der Waals surface area contributed by atoms with Crippen LogP contribution in [0.2, 0.25) is 0 Å². The molecule has 1 aromatic rings. The molecular formula is C13H18N2O5. The number of likely N-dealkylation sites (tertiary alicyclic amines) is 1. The molecule has 110 valence electrons. The van der Waals surface area contributed by atoms with E-state index in [9.17, 15) is 9.59 Å². The largest absolute Gasteiger partial charge is 0.464 e. The van der Waals surface area contributed by atoms with Gasteiger partial charge in [0.05, 0.1) is 6.61 Å². The minimum atomic E-state index is -0.523. The second kappa shape index (κ2) is 6.51. The van der Waals surface area contributed by atoms with Crippen molar-refractivity contribution in [1.82, 2.24) is 10.1 Å². The van der Waals surface area contributed by atoms with Crippen LogP contribution in [0.3, 0.4) is 0 Å². The molecule has 1 aromatic heterocycles. The Balaban J connectivity index is 2.08. The van der Waals surface area contributed by atoms with Crippen LogP contribution in [0.15, 0.2) is 10.6 Å². The van der Waals surface area contributed by atoms with Gasteiger partial charge in [-0.05, 0) is 19.8 Å². The molecule has 0 radical (unpaired) electrons. The molecule has 1 unspecified atom stereocenters. The summed E-state index contributed by atoms with van der Waals surface area (Å²) in [6, 6.07) is 1.01. The van der Waals surface area contributed by atoms with Crippen LogP contribution >= 0.6 is 0 Å². The third kappa shape index (κ3) is 2.98. The summed E-state index contributed by atoms with van der Waals surface area (Å²) >= 11 is 0. The van der Waals surface area contributed by atoms with Crippen LogP contribution in [0.5, 0.6) is 0 Å². The van der Waals surface area contributed by atoms with Crippen LogP contribution in [-0.2, 0) is 20.9 Å². The van der Waals surface area contributed by atoms with Gasteiger partial charge in [-0.15, -0.1) is 0 Å². The van der Waals surface area contributed by atoms with Gasteiger partial charge in [-0.25, -0.2) is 4.79 Å². The minimum absolute atomic E-state index is 0.188. The van der Waals surface area contributed by atoms with Crippen LogP contribution in [0.25, 0.3) is 0 Å². The summed E-state index contributed by atoms with van der Waals surface area (Å²) < 4.78 is 14.9. The predicted octanol–water partition coefficient (Wildman–Crippen LogP) is 0.989. The van der Waals surface area contributed by atoms with Crippen molar-refractivity contribution in [1.29, 1.82) is 0 Å². The lowest BCUT2D eigenvalue weighted by molar-refractivity contribution is -0.147. The molecule has 0 aliphatic carbocycles. The van der Waals surface area contributed by atoms with Gasteiger partial charge in [-0.1, -0.05) is 5.16 Å². The summed E-state index contributed by atoms with van der Waals surface area (Å²) in [5.41, 5.74) is 0.188. The van der Waals surface area contributed by atoms with Gasteiger partial charge in [-0.2, -0.15) is 0 Å². The Bertz CT molecular complexity index is 485. The smallest absolute Gasteiger partial charge is 0.328 e. The maximum absolute atomic E-state index is 12.3. The Kier molecular flexibility index (Phi) is 4.73. The normalized spacial score (nSPS) is 18.3. The number of esters is 1. The molecule has 7 heteroatoms. The highest BCUT2D eigenvalue weighted by Crippen LogP contribution is 2.21. The lowest BCUT2D eigenvalue weighted by Gasteiger charge is -2.21. The van der Waals surface area contributed by atoms with E-state index < -0.39 is 6.04 Å². The van der Waals surface area contributed by atoms with Crippen LogP contribution in [-0.4, -0.2) is 48.2 Å². The zero-order chi connectivity index (χ0) is 14.5. The summed E-state index contributed by atoms with van der Waals surface area (Å²) in [6.45, 7) is 2.82. The Morgan fingerprint density at radius 3 is 3.05 bits per heavy atom. The lowest BCUT2D eigenvalue weighted by atomic mass is 10.2. The Hall–Kier alpha value is -1.89. The van der Waals surface area contributed by atoms with E-state index in [2.05, 4.69) is 5.16 Å². The van der Waals surface area contributed by atoms with Crippen molar-refractivity contribution in [2.75, 3.05) is 20.3 Å². The van der Waals surface area contributed by atoms with Gasteiger partial charge in [0.2, 0.25) is 0 Å². The number of hydrogen-bond donors (Lipinski definition) is 0. The fourth-order valence-electron chi connectivity index (χ4n) is 2.26. The van der Waals surface area contributed by atoms with E-state index in [0.717, 1.165) is 6.42 Å². The third-order valence-electron chi connectivity index (χ3n) is 3.14. The average Bonchev–Trinajstić information content (AvgIpc) is 3.07. The Morgan fingerprint density at radius 1 is 1.55 bits per heavy atom. The fraction of sp³-hybridized carbons (Fsp3) is 0.615. The summed E-state index contributed by atoms with van der Waals surface area (Å²) in [7, 11) is 1.53. The van der Waals surface area contributed by atoms with Gasteiger partial charge >= 0.3 is 5.97 Å². The zero-order valence-corrected chi connectivity index (χ0v) is 11.6. The second-order valence-electron chi connectivity index (χ2n) is 4.52. The molecule has 20 heavy (non-hydrogen) atoms. The van der Waals surface area contributed by atoms with Crippen LogP contribution in [0.1, 0.15) is 36.0 Å². The van der Waals surface area contributed by atoms with Gasteiger partial charge in [0.25, 0.3) is 5.91 Å². The first-order valence-electron chi connectivity index (χ1n) is 6.59. The molecule has 1 aliphatic heterocycles. The van der Waals surface area contributed by atoms with E-state index in [0.29, 0.717) is 25.3 Å². The number of ether oxygens (including phenoxy) is 2. The van der Waals surface area contributed by atoms with Crippen molar-refractivity contribution < 1.29 is 23.6 Å². The van der Waals surface area contributed by atoms with E-state index in [1.807, 2.05) is 0 Å². The zero-order valence-electron chi connectivity index (χ0n) is 11.6. The molecule has 0 bridgehead atoms. The summed E-state index contributed by atoms with van der Waals surface area (Å²) in [6.07, 6.45) is 1.39. The third-order valence-corrected chi connectivity index (χ3v) is 3.14. The first kappa shape index (κ1) is 14.5.